The van der Waals surface area contributed by atoms with Gasteiger partial charge in [0.05, 0.1) is 7.11 Å². The maximum Gasteiger partial charge on any atom is 0.128 e. The van der Waals surface area contributed by atoms with E-state index in [1.165, 1.54) is 5.56 Å². The van der Waals surface area contributed by atoms with Crippen molar-refractivity contribution in [3.8, 4) is 17.2 Å². The number of allylic oxidation sites excluding steroid dienone is 1. The van der Waals surface area contributed by atoms with Crippen molar-refractivity contribution in [2.24, 2.45) is 0 Å². The highest BCUT2D eigenvalue weighted by Gasteiger charge is 2.10. The third-order valence-electron chi connectivity index (χ3n) is 4.83. The summed E-state index contributed by atoms with van der Waals surface area (Å²) in [5.74, 6) is 2.30. The van der Waals surface area contributed by atoms with Crippen LogP contribution in [0.5, 0.6) is 17.2 Å². The predicted octanol–water partition coefficient (Wildman–Crippen LogP) is 6.82. The molecule has 3 rings (SSSR count). The van der Waals surface area contributed by atoms with E-state index in [0.29, 0.717) is 0 Å². The Morgan fingerprint density at radius 2 is 1.69 bits per heavy atom. The summed E-state index contributed by atoms with van der Waals surface area (Å²) >= 11 is 0. The van der Waals surface area contributed by atoms with Crippen molar-refractivity contribution in [3.63, 3.8) is 0 Å². The first kappa shape index (κ1) is 20.3. The Bertz CT molecular complexity index is 1000. The van der Waals surface area contributed by atoms with Crippen LogP contribution < -0.4 is 14.8 Å². The third kappa shape index (κ3) is 5.29. The Morgan fingerprint density at radius 1 is 0.931 bits per heavy atom. The zero-order chi connectivity index (χ0) is 20.6. The number of aryl methyl sites for hydroxylation is 1. The average molecular weight is 390 g/mol. The molecule has 0 unspecified atom stereocenters. The van der Waals surface area contributed by atoms with Crippen molar-refractivity contribution in [2.45, 2.75) is 12.8 Å². The molecule has 1 N–H and O–H groups in total. The Hall–Kier alpha value is -3.46. The summed E-state index contributed by atoms with van der Waals surface area (Å²) in [7, 11) is 3.53. The topological polar surface area (TPSA) is 30.5 Å². The fraction of sp³-hybridized carbons (Fsp3) is 0.154. The van der Waals surface area contributed by atoms with Gasteiger partial charge in [-0.15, -0.1) is 0 Å². The Morgan fingerprint density at radius 3 is 2.41 bits per heavy atom. The van der Waals surface area contributed by atoms with Gasteiger partial charge >= 0.3 is 0 Å². The number of methoxy groups -OCH3 is 1. The van der Waals surface area contributed by atoms with E-state index < -0.39 is 0 Å². The van der Waals surface area contributed by atoms with E-state index in [9.17, 15) is 0 Å². The number of benzene rings is 3. The molecule has 3 aromatic carbocycles. The molecule has 152 valence electrons. The summed E-state index contributed by atoms with van der Waals surface area (Å²) in [6.07, 6.45) is 1.78. The Kier molecular flexibility index (Phi) is 6.75. The molecule has 0 amide bonds. The normalized spacial score (nSPS) is 10.3. The summed E-state index contributed by atoms with van der Waals surface area (Å²) < 4.78 is 11.7. The van der Waals surface area contributed by atoms with E-state index in [2.05, 4.69) is 42.7 Å². The van der Waals surface area contributed by atoms with Crippen molar-refractivity contribution >= 4 is 11.3 Å². The van der Waals surface area contributed by atoms with Crippen LogP contribution in [0.2, 0.25) is 0 Å². The van der Waals surface area contributed by atoms with Crippen LogP contribution in [0, 0.1) is 0 Å². The lowest BCUT2D eigenvalue weighted by molar-refractivity contribution is 0.411. The largest absolute Gasteiger partial charge is 0.496 e. The second-order valence-corrected chi connectivity index (χ2v) is 6.81. The number of hydrogen-bond donors (Lipinski definition) is 1. The number of hydrogen-bond acceptors (Lipinski definition) is 3. The van der Waals surface area contributed by atoms with Crippen LogP contribution in [0.4, 0.5) is 0 Å². The van der Waals surface area contributed by atoms with Crippen LogP contribution in [-0.4, -0.2) is 14.2 Å². The summed E-state index contributed by atoms with van der Waals surface area (Å²) in [6.45, 7) is 8.29. The van der Waals surface area contributed by atoms with Crippen molar-refractivity contribution in [3.05, 3.63) is 103 Å². The summed E-state index contributed by atoms with van der Waals surface area (Å²) in [4.78, 5) is 0. The Balaban J connectivity index is 0.00000240. The molecule has 0 spiro atoms. The van der Waals surface area contributed by atoms with Gasteiger partial charge in [0.1, 0.15) is 17.2 Å². The molecule has 0 aromatic heterocycles. The van der Waals surface area contributed by atoms with Gasteiger partial charge < -0.3 is 14.8 Å². The Labute approximate surface area is 176 Å². The van der Waals surface area contributed by atoms with Gasteiger partial charge in [-0.3, -0.25) is 0 Å². The van der Waals surface area contributed by atoms with E-state index in [4.69, 9.17) is 9.47 Å². The number of rotatable bonds is 9. The van der Waals surface area contributed by atoms with Gasteiger partial charge in [-0.05, 0) is 54.3 Å². The first-order chi connectivity index (χ1) is 14.1. The molecule has 0 heterocycles. The van der Waals surface area contributed by atoms with Gasteiger partial charge in [-0.25, -0.2) is 0 Å². The monoisotopic (exact) mass is 389 g/mol. The minimum atomic E-state index is 0. The molecule has 0 saturated heterocycles. The van der Waals surface area contributed by atoms with Crippen molar-refractivity contribution < 1.29 is 12.3 Å². The molecule has 0 atom stereocenters. The standard InChI is InChI=1S/C26H27NO2.2H2/c1-19(13-14-21-9-6-5-7-10-21)25-18-24(15-16-26(25)28-4)29-23-12-8-11-22(17-23)20(2)27-3;;/h5-12,15-18,27H,1-2,13-14H2,3-4H3;2*1H. The highest BCUT2D eigenvalue weighted by atomic mass is 16.5. The lowest BCUT2D eigenvalue weighted by atomic mass is 9.98. The fourth-order valence-corrected chi connectivity index (χ4v) is 3.13. The molecule has 0 aliphatic heterocycles. The summed E-state index contributed by atoms with van der Waals surface area (Å²) in [5.41, 5.74) is 5.12. The molecule has 0 radical (unpaired) electrons. The maximum absolute atomic E-state index is 6.10. The zero-order valence-corrected chi connectivity index (χ0v) is 17.1. The van der Waals surface area contributed by atoms with Gasteiger partial charge in [0.15, 0.2) is 0 Å². The van der Waals surface area contributed by atoms with Crippen molar-refractivity contribution in [1.29, 1.82) is 0 Å². The predicted molar refractivity (Wildman–Crippen MR) is 126 cm³/mol. The molecule has 0 fully saturated rings. The van der Waals surface area contributed by atoms with Crippen molar-refractivity contribution in [2.75, 3.05) is 14.2 Å². The van der Waals surface area contributed by atoms with Gasteiger partial charge in [0, 0.05) is 26.7 Å². The van der Waals surface area contributed by atoms with Crippen LogP contribution in [0.1, 0.15) is 26.0 Å². The van der Waals surface area contributed by atoms with Crippen LogP contribution in [-0.2, 0) is 6.42 Å². The van der Waals surface area contributed by atoms with E-state index in [1.807, 2.05) is 55.6 Å². The third-order valence-corrected chi connectivity index (χ3v) is 4.83. The summed E-state index contributed by atoms with van der Waals surface area (Å²) in [5, 5.41) is 3.06. The molecular weight excluding hydrogens is 358 g/mol. The lowest BCUT2D eigenvalue weighted by Crippen LogP contribution is -2.02. The number of nitrogens with one attached hydrogen (secondary N) is 1. The van der Waals surface area contributed by atoms with Crippen LogP contribution in [0.25, 0.3) is 11.3 Å². The van der Waals surface area contributed by atoms with Gasteiger partial charge in [0.2, 0.25) is 0 Å². The van der Waals surface area contributed by atoms with Gasteiger partial charge in [-0.2, -0.15) is 0 Å². The molecule has 0 aliphatic rings. The molecular formula is C26H31NO2. The maximum atomic E-state index is 6.10. The van der Waals surface area contributed by atoms with Crippen LogP contribution in [0.15, 0.2) is 86.0 Å². The van der Waals surface area contributed by atoms with Crippen molar-refractivity contribution in [1.82, 2.24) is 5.32 Å². The number of ether oxygens (including phenoxy) is 2. The second kappa shape index (κ2) is 9.65. The molecule has 3 nitrogen and oxygen atoms in total. The minimum absolute atomic E-state index is 0. The second-order valence-electron chi connectivity index (χ2n) is 6.81. The van der Waals surface area contributed by atoms with Gasteiger partial charge in [0.25, 0.3) is 0 Å². The van der Waals surface area contributed by atoms with E-state index in [-0.39, 0.29) is 2.85 Å². The summed E-state index contributed by atoms with van der Waals surface area (Å²) in [6, 6.07) is 24.1. The van der Waals surface area contributed by atoms with E-state index in [0.717, 1.165) is 52.5 Å². The minimum Gasteiger partial charge on any atom is -0.496 e. The smallest absolute Gasteiger partial charge is 0.128 e. The van der Waals surface area contributed by atoms with Gasteiger partial charge in [-0.1, -0.05) is 55.6 Å². The van der Waals surface area contributed by atoms with E-state index >= 15 is 0 Å². The SMILES string of the molecule is C=C(NC)c1cccc(Oc2ccc(OC)c(C(=C)CCc3ccccc3)c2)c1.[HH].[HH]. The lowest BCUT2D eigenvalue weighted by Gasteiger charge is -2.14. The average Bonchev–Trinajstić information content (AvgIpc) is 2.77. The first-order valence-electron chi connectivity index (χ1n) is 9.65. The highest BCUT2D eigenvalue weighted by Crippen LogP contribution is 2.33. The van der Waals surface area contributed by atoms with Crippen LogP contribution >= 0.6 is 0 Å². The fourth-order valence-electron chi connectivity index (χ4n) is 3.13. The zero-order valence-electron chi connectivity index (χ0n) is 17.1. The molecule has 3 aromatic rings. The molecule has 3 heteroatoms. The highest BCUT2D eigenvalue weighted by molar-refractivity contribution is 5.70. The molecule has 29 heavy (non-hydrogen) atoms. The van der Waals surface area contributed by atoms with Crippen LogP contribution in [0.3, 0.4) is 0 Å². The van der Waals surface area contributed by atoms with E-state index in [1.54, 1.807) is 7.11 Å². The first-order valence-corrected chi connectivity index (χ1v) is 9.65. The molecule has 0 saturated carbocycles. The molecule has 0 aliphatic carbocycles. The quantitative estimate of drug-likeness (QED) is 0.436. The molecule has 0 bridgehead atoms.